The molecule has 2 aromatic heterocycles. The van der Waals surface area contributed by atoms with E-state index in [1.165, 1.54) is 6.07 Å². The van der Waals surface area contributed by atoms with Crippen LogP contribution in [-0.4, -0.2) is 81.4 Å². The van der Waals surface area contributed by atoms with Crippen LogP contribution in [0.4, 0.5) is 15.9 Å². The molecule has 2 N–H and O–H groups in total. The summed E-state index contributed by atoms with van der Waals surface area (Å²) < 4.78 is 21.6. The molecule has 4 aromatic rings. The summed E-state index contributed by atoms with van der Waals surface area (Å²) >= 11 is 12.9. The maximum absolute atomic E-state index is 14.8. The highest BCUT2D eigenvalue weighted by Gasteiger charge is 2.31. The molecule has 2 fully saturated rings. The zero-order valence-electron chi connectivity index (χ0n) is 23.4. The molecule has 4 heterocycles. The van der Waals surface area contributed by atoms with Crippen LogP contribution in [0.2, 0.25) is 10.0 Å². The molecule has 11 nitrogen and oxygen atoms in total. The summed E-state index contributed by atoms with van der Waals surface area (Å²) in [6.45, 7) is 2.40. The van der Waals surface area contributed by atoms with Crippen LogP contribution >= 0.6 is 23.2 Å². The van der Waals surface area contributed by atoms with Crippen LogP contribution in [0.25, 0.3) is 16.9 Å². The van der Waals surface area contributed by atoms with Crippen LogP contribution in [0, 0.1) is 17.1 Å². The number of aromatic nitrogens is 3. The molecule has 2 saturated heterocycles. The molecule has 0 saturated carbocycles. The first-order chi connectivity index (χ1) is 21.4. The second kappa shape index (κ2) is 12.7. The summed E-state index contributed by atoms with van der Waals surface area (Å²) in [5.74, 6) is -0.587. The number of anilines is 2. The fourth-order valence-electron chi connectivity index (χ4n) is 5.48. The second-order valence-electron chi connectivity index (χ2n) is 10.4. The Morgan fingerprint density at radius 1 is 1.14 bits per heavy atom. The van der Waals surface area contributed by atoms with Crippen LogP contribution in [0.1, 0.15) is 23.2 Å². The second-order valence-corrected chi connectivity index (χ2v) is 11.2. The highest BCUT2D eigenvalue weighted by molar-refractivity contribution is 6.34. The molecular formula is C30H27Cl2FN8O3. The molecule has 1 atom stereocenters. The van der Waals surface area contributed by atoms with Gasteiger partial charge in [-0.3, -0.25) is 14.0 Å². The highest BCUT2D eigenvalue weighted by Crippen LogP contribution is 2.36. The van der Waals surface area contributed by atoms with E-state index in [2.05, 4.69) is 20.6 Å². The summed E-state index contributed by atoms with van der Waals surface area (Å²) in [7, 11) is 0. The third-order valence-electron chi connectivity index (χ3n) is 7.74. The third kappa shape index (κ3) is 5.74. The van der Waals surface area contributed by atoms with E-state index >= 15 is 0 Å². The lowest BCUT2D eigenvalue weighted by Gasteiger charge is -2.36. The van der Waals surface area contributed by atoms with Gasteiger partial charge in [-0.2, -0.15) is 5.26 Å². The molecule has 14 heteroatoms. The number of hydrogen-bond acceptors (Lipinski definition) is 8. The highest BCUT2D eigenvalue weighted by atomic mass is 35.5. The fraction of sp³-hybridized carbons (Fsp3) is 0.300. The molecule has 6 rings (SSSR count). The minimum absolute atomic E-state index is 0.103. The fourth-order valence-corrected chi connectivity index (χ4v) is 5.99. The number of imidazole rings is 1. The molecule has 44 heavy (non-hydrogen) atoms. The summed E-state index contributed by atoms with van der Waals surface area (Å²) in [4.78, 5) is 38.4. The number of rotatable bonds is 7. The molecule has 0 aliphatic carbocycles. The Morgan fingerprint density at radius 2 is 1.93 bits per heavy atom. The van der Waals surface area contributed by atoms with Crippen LogP contribution < -0.4 is 15.4 Å². The normalized spacial score (nSPS) is 16.6. The molecule has 2 aromatic carbocycles. The van der Waals surface area contributed by atoms with Crippen molar-refractivity contribution in [3.05, 3.63) is 70.3 Å². The smallest absolute Gasteiger partial charge is 0.255 e. The predicted molar refractivity (Wildman–Crippen MR) is 163 cm³/mol. The average molecular weight is 638 g/mol. The van der Waals surface area contributed by atoms with Gasteiger partial charge in [0.25, 0.3) is 5.91 Å². The van der Waals surface area contributed by atoms with Gasteiger partial charge in [-0.15, -0.1) is 0 Å². The Hall–Kier alpha value is -4.44. The van der Waals surface area contributed by atoms with E-state index < -0.39 is 5.82 Å². The first-order valence-corrected chi connectivity index (χ1v) is 14.8. The van der Waals surface area contributed by atoms with Gasteiger partial charge in [0.05, 0.1) is 33.5 Å². The van der Waals surface area contributed by atoms with Gasteiger partial charge in [-0.25, -0.2) is 14.4 Å². The van der Waals surface area contributed by atoms with Crippen molar-refractivity contribution in [2.45, 2.75) is 18.9 Å². The van der Waals surface area contributed by atoms with E-state index in [-0.39, 0.29) is 40.3 Å². The first kappa shape index (κ1) is 29.6. The van der Waals surface area contributed by atoms with Crippen molar-refractivity contribution >= 4 is 52.2 Å². The molecular weight excluding hydrogens is 610 g/mol. The monoisotopic (exact) mass is 636 g/mol. The number of hydrogen-bond donors (Lipinski definition) is 2. The number of piperazine rings is 1. The average Bonchev–Trinajstić information content (AvgIpc) is 3.73. The van der Waals surface area contributed by atoms with Crippen LogP contribution in [-0.2, 0) is 4.79 Å². The van der Waals surface area contributed by atoms with Gasteiger partial charge >= 0.3 is 0 Å². The largest absolute Gasteiger partial charge is 0.476 e. The lowest BCUT2D eigenvalue weighted by molar-refractivity contribution is -0.134. The maximum Gasteiger partial charge on any atom is 0.255 e. The van der Waals surface area contributed by atoms with E-state index in [0.717, 1.165) is 19.4 Å². The number of nitrogens with one attached hydrogen (secondary N) is 2. The first-order valence-electron chi connectivity index (χ1n) is 14.0. The Labute approximate surface area is 262 Å². The number of fused-ring (bicyclic) bond motifs is 1. The van der Waals surface area contributed by atoms with Crippen molar-refractivity contribution in [1.82, 2.24) is 29.5 Å². The van der Waals surface area contributed by atoms with Crippen molar-refractivity contribution in [2.24, 2.45) is 0 Å². The van der Waals surface area contributed by atoms with Crippen LogP contribution in [0.15, 0.2) is 48.9 Å². The minimum atomic E-state index is -0.775. The van der Waals surface area contributed by atoms with Crippen molar-refractivity contribution < 1.29 is 18.7 Å². The molecule has 0 bridgehead atoms. The van der Waals surface area contributed by atoms with Gasteiger partial charge in [0, 0.05) is 49.8 Å². The summed E-state index contributed by atoms with van der Waals surface area (Å²) in [5.41, 5.74) is 2.29. The number of ether oxygens (including phenoxy) is 1. The van der Waals surface area contributed by atoms with Crippen LogP contribution in [0.5, 0.6) is 5.75 Å². The van der Waals surface area contributed by atoms with Gasteiger partial charge in [-0.05, 0) is 49.7 Å². The zero-order valence-corrected chi connectivity index (χ0v) is 24.9. The van der Waals surface area contributed by atoms with Crippen molar-refractivity contribution in [2.75, 3.05) is 44.6 Å². The molecule has 2 aliphatic rings. The van der Waals surface area contributed by atoms with Crippen molar-refractivity contribution in [3.63, 3.8) is 0 Å². The SMILES string of the molecule is N#CCOc1ccc(-c2cnc3c(Nc4ccc(C(=O)N5CCN(C(=O)C6CCCN6)CC5)c(Cl)c4)nccn23)c(Cl)c1F. The van der Waals surface area contributed by atoms with E-state index in [0.29, 0.717) is 60.2 Å². The number of carbonyl (C=O) groups excluding carboxylic acids is 2. The van der Waals surface area contributed by atoms with Crippen molar-refractivity contribution in [1.29, 1.82) is 5.26 Å². The van der Waals surface area contributed by atoms with Gasteiger partial charge in [0.1, 0.15) is 6.07 Å². The van der Waals surface area contributed by atoms with E-state index in [1.54, 1.807) is 58.2 Å². The van der Waals surface area contributed by atoms with E-state index in [1.807, 2.05) is 4.90 Å². The Bertz CT molecular complexity index is 1780. The number of halogens is 3. The van der Waals surface area contributed by atoms with E-state index in [9.17, 15) is 14.0 Å². The molecule has 1 unspecified atom stereocenters. The third-order valence-corrected chi connectivity index (χ3v) is 8.42. The summed E-state index contributed by atoms with van der Waals surface area (Å²) in [6.07, 6.45) is 6.62. The molecule has 2 amide bonds. The summed E-state index contributed by atoms with van der Waals surface area (Å²) in [6, 6.07) is 9.70. The number of nitrogens with zero attached hydrogens (tertiary/aromatic N) is 6. The zero-order chi connectivity index (χ0) is 30.8. The van der Waals surface area contributed by atoms with Crippen molar-refractivity contribution in [3.8, 4) is 23.1 Å². The topological polar surface area (TPSA) is 128 Å². The number of carbonyl (C=O) groups is 2. The Morgan fingerprint density at radius 3 is 2.66 bits per heavy atom. The number of benzene rings is 2. The summed E-state index contributed by atoms with van der Waals surface area (Å²) in [5, 5.41) is 15.2. The van der Waals surface area contributed by atoms with E-state index in [4.69, 9.17) is 33.2 Å². The van der Waals surface area contributed by atoms with Gasteiger partial charge in [-0.1, -0.05) is 23.2 Å². The quantitative estimate of drug-likeness (QED) is 0.303. The standard InChI is InChI=1S/C30H27Cl2FN8O3/c31-21-16-18(3-4-19(21)29(42)39-11-13-40(14-12-39)30(43)22-2-1-8-35-22)38-27-28-37-17-23(41(28)10-9-36-27)20-5-6-24(44-15-7-34)26(33)25(20)32/h3-6,9-10,16-17,22,35H,1-2,8,11-15H2,(H,36,38). The lowest BCUT2D eigenvalue weighted by Crippen LogP contribution is -2.54. The Kier molecular flexibility index (Phi) is 8.52. The van der Waals surface area contributed by atoms with Gasteiger partial charge < -0.3 is 25.2 Å². The predicted octanol–water partition coefficient (Wildman–Crippen LogP) is 4.52. The molecule has 0 radical (unpaired) electrons. The molecule has 2 aliphatic heterocycles. The van der Waals surface area contributed by atoms with Gasteiger partial charge in [0.15, 0.2) is 29.6 Å². The molecule has 226 valence electrons. The maximum atomic E-state index is 14.8. The Balaban J connectivity index is 1.16. The van der Waals surface area contributed by atoms with Crippen LogP contribution in [0.3, 0.4) is 0 Å². The lowest BCUT2D eigenvalue weighted by atomic mass is 10.1. The number of nitriles is 1. The van der Waals surface area contributed by atoms with Gasteiger partial charge in [0.2, 0.25) is 5.91 Å². The number of amides is 2. The minimum Gasteiger partial charge on any atom is -0.476 e. The molecule has 0 spiro atoms.